The van der Waals surface area contributed by atoms with E-state index >= 15 is 0 Å². The number of rotatable bonds is 3. The second kappa shape index (κ2) is 6.61. The highest BCUT2D eigenvalue weighted by Gasteiger charge is 2.13. The summed E-state index contributed by atoms with van der Waals surface area (Å²) in [6.07, 6.45) is 0. The van der Waals surface area contributed by atoms with Crippen molar-refractivity contribution in [2.45, 2.75) is 39.5 Å². The van der Waals surface area contributed by atoms with Gasteiger partial charge in [-0.1, -0.05) is 100 Å². The third-order valence-electron chi connectivity index (χ3n) is 5.39. The summed E-state index contributed by atoms with van der Waals surface area (Å²) in [5, 5.41) is 5.33. The van der Waals surface area contributed by atoms with E-state index in [1.54, 1.807) is 0 Å². The smallest absolute Gasteiger partial charge is 0.00962 e. The molecule has 0 saturated carbocycles. The van der Waals surface area contributed by atoms with Gasteiger partial charge in [0.2, 0.25) is 0 Å². The van der Waals surface area contributed by atoms with Crippen molar-refractivity contribution >= 4 is 21.5 Å². The number of benzene rings is 4. The van der Waals surface area contributed by atoms with Crippen molar-refractivity contribution in [3.05, 3.63) is 83.9 Å². The highest BCUT2D eigenvalue weighted by atomic mass is 14.2. The third-order valence-corrected chi connectivity index (χ3v) is 5.39. The van der Waals surface area contributed by atoms with Crippen LogP contribution in [0.2, 0.25) is 0 Å². The van der Waals surface area contributed by atoms with Crippen LogP contribution in [-0.2, 0) is 0 Å². The van der Waals surface area contributed by atoms with E-state index in [-0.39, 0.29) is 0 Å². The average molecular weight is 338 g/mol. The first-order valence-electron chi connectivity index (χ1n) is 9.60. The molecule has 0 bridgehead atoms. The lowest BCUT2D eigenvalue weighted by Gasteiger charge is -2.17. The minimum Gasteiger partial charge on any atom is -0.0616 e. The zero-order chi connectivity index (χ0) is 18.3. The van der Waals surface area contributed by atoms with E-state index in [9.17, 15) is 0 Å². The Morgan fingerprint density at radius 1 is 0.500 bits per heavy atom. The summed E-state index contributed by atoms with van der Waals surface area (Å²) < 4.78 is 0. The van der Waals surface area contributed by atoms with Gasteiger partial charge in [0.1, 0.15) is 0 Å². The van der Waals surface area contributed by atoms with E-state index in [0.29, 0.717) is 11.8 Å². The zero-order valence-electron chi connectivity index (χ0n) is 16.1. The number of hydrogen-bond donors (Lipinski definition) is 0. The van der Waals surface area contributed by atoms with Gasteiger partial charge in [-0.3, -0.25) is 0 Å². The zero-order valence-corrected chi connectivity index (χ0v) is 16.1. The van der Waals surface area contributed by atoms with Gasteiger partial charge in [-0.2, -0.15) is 0 Å². The Morgan fingerprint density at radius 3 is 1.27 bits per heavy atom. The largest absolute Gasteiger partial charge is 0.0616 e. The topological polar surface area (TPSA) is 0 Å². The minimum absolute atomic E-state index is 0.512. The van der Waals surface area contributed by atoms with E-state index < -0.39 is 0 Å². The Hall–Kier alpha value is -2.60. The fourth-order valence-electron chi connectivity index (χ4n) is 3.78. The van der Waals surface area contributed by atoms with Crippen molar-refractivity contribution < 1.29 is 0 Å². The summed E-state index contributed by atoms with van der Waals surface area (Å²) >= 11 is 0. The Labute approximate surface area is 156 Å². The van der Waals surface area contributed by atoms with Crippen LogP contribution in [-0.4, -0.2) is 0 Å². The van der Waals surface area contributed by atoms with Crippen LogP contribution in [0.3, 0.4) is 0 Å². The molecule has 0 nitrogen and oxygen atoms in total. The maximum Gasteiger partial charge on any atom is -0.00962 e. The lowest BCUT2D eigenvalue weighted by Crippen LogP contribution is -1.94. The molecule has 4 aromatic rings. The van der Waals surface area contributed by atoms with E-state index in [0.717, 1.165) is 0 Å². The SMILES string of the molecule is CC(C)c1cc(-c2cc(C(C)C)cc3ccccc23)c2ccccc2c1. The Kier molecular flexibility index (Phi) is 4.28. The molecule has 26 heavy (non-hydrogen) atoms. The molecule has 130 valence electrons. The molecule has 0 amide bonds. The van der Waals surface area contributed by atoms with E-state index in [2.05, 4.69) is 100 Å². The van der Waals surface area contributed by atoms with Gasteiger partial charge < -0.3 is 0 Å². The van der Waals surface area contributed by atoms with Crippen LogP contribution in [0, 0.1) is 0 Å². The lowest BCUT2D eigenvalue weighted by molar-refractivity contribution is 0.867. The van der Waals surface area contributed by atoms with Gasteiger partial charge in [0.05, 0.1) is 0 Å². The molecule has 0 spiro atoms. The van der Waals surface area contributed by atoms with Crippen LogP contribution < -0.4 is 0 Å². The Bertz CT molecular complexity index is 994. The Balaban J connectivity index is 2.12. The van der Waals surface area contributed by atoms with Gasteiger partial charge in [0, 0.05) is 0 Å². The molecule has 0 radical (unpaired) electrons. The van der Waals surface area contributed by atoms with Gasteiger partial charge in [0.15, 0.2) is 0 Å². The van der Waals surface area contributed by atoms with Crippen LogP contribution in [0.1, 0.15) is 50.7 Å². The predicted octanol–water partition coefficient (Wildman–Crippen LogP) is 7.91. The second-order valence-electron chi connectivity index (χ2n) is 7.89. The first-order valence-corrected chi connectivity index (χ1v) is 9.60. The molecule has 0 heterocycles. The van der Waals surface area contributed by atoms with Crippen molar-refractivity contribution in [1.82, 2.24) is 0 Å². The molecule has 0 atom stereocenters. The summed E-state index contributed by atoms with van der Waals surface area (Å²) in [5.41, 5.74) is 5.51. The summed E-state index contributed by atoms with van der Waals surface area (Å²) in [5.74, 6) is 1.02. The van der Waals surface area contributed by atoms with E-state index in [1.165, 1.54) is 43.8 Å². The first kappa shape index (κ1) is 16.8. The maximum atomic E-state index is 2.40. The van der Waals surface area contributed by atoms with Crippen LogP contribution in [0.15, 0.2) is 72.8 Å². The molecule has 0 aromatic heterocycles. The highest BCUT2D eigenvalue weighted by molar-refractivity contribution is 6.06. The molecule has 0 aliphatic heterocycles. The van der Waals surface area contributed by atoms with Gasteiger partial charge >= 0.3 is 0 Å². The molecule has 0 N–H and O–H groups in total. The Morgan fingerprint density at radius 2 is 0.885 bits per heavy atom. The van der Waals surface area contributed by atoms with Crippen LogP contribution in [0.5, 0.6) is 0 Å². The van der Waals surface area contributed by atoms with Gasteiger partial charge in [-0.05, 0) is 55.6 Å². The van der Waals surface area contributed by atoms with Crippen LogP contribution in [0.4, 0.5) is 0 Å². The third kappa shape index (κ3) is 2.90. The van der Waals surface area contributed by atoms with E-state index in [1.807, 2.05) is 0 Å². The standard InChI is InChI=1S/C26H26/c1-17(2)21-13-19-9-5-7-11-23(19)25(15-21)26-16-22(18(3)4)14-20-10-6-8-12-24(20)26/h5-18H,1-4H3. The van der Waals surface area contributed by atoms with Gasteiger partial charge in [0.25, 0.3) is 0 Å². The molecule has 4 aromatic carbocycles. The molecule has 4 rings (SSSR count). The minimum atomic E-state index is 0.512. The summed E-state index contributed by atoms with van der Waals surface area (Å²) in [6.45, 7) is 9.10. The maximum absolute atomic E-state index is 2.40. The van der Waals surface area contributed by atoms with Crippen molar-refractivity contribution in [3.63, 3.8) is 0 Å². The van der Waals surface area contributed by atoms with Crippen molar-refractivity contribution in [2.75, 3.05) is 0 Å². The van der Waals surface area contributed by atoms with Crippen molar-refractivity contribution in [3.8, 4) is 11.1 Å². The second-order valence-corrected chi connectivity index (χ2v) is 7.89. The lowest BCUT2D eigenvalue weighted by atomic mass is 9.87. The quantitative estimate of drug-likeness (QED) is 0.356. The van der Waals surface area contributed by atoms with E-state index in [4.69, 9.17) is 0 Å². The molecule has 0 saturated heterocycles. The molecule has 0 unspecified atom stereocenters. The van der Waals surface area contributed by atoms with Crippen LogP contribution >= 0.6 is 0 Å². The monoisotopic (exact) mass is 338 g/mol. The average Bonchev–Trinajstić information content (AvgIpc) is 2.66. The predicted molar refractivity (Wildman–Crippen MR) is 115 cm³/mol. The summed E-state index contributed by atoms with van der Waals surface area (Å²) in [7, 11) is 0. The molecule has 0 aliphatic carbocycles. The summed E-state index contributed by atoms with van der Waals surface area (Å²) in [4.78, 5) is 0. The van der Waals surface area contributed by atoms with Gasteiger partial charge in [-0.15, -0.1) is 0 Å². The van der Waals surface area contributed by atoms with Crippen molar-refractivity contribution in [2.24, 2.45) is 0 Å². The number of fused-ring (bicyclic) bond motifs is 2. The molecule has 0 aliphatic rings. The highest BCUT2D eigenvalue weighted by Crippen LogP contribution is 2.38. The first-order chi connectivity index (χ1) is 12.5. The molecular formula is C26H26. The fourth-order valence-corrected chi connectivity index (χ4v) is 3.78. The van der Waals surface area contributed by atoms with Crippen LogP contribution in [0.25, 0.3) is 32.7 Å². The molecule has 0 fully saturated rings. The number of hydrogen-bond acceptors (Lipinski definition) is 0. The molecular weight excluding hydrogens is 312 g/mol. The molecule has 0 heteroatoms. The fraction of sp³-hybridized carbons (Fsp3) is 0.231. The normalized spacial score (nSPS) is 11.8. The van der Waals surface area contributed by atoms with Gasteiger partial charge in [-0.25, -0.2) is 0 Å². The summed E-state index contributed by atoms with van der Waals surface area (Å²) in [6, 6.07) is 27.0. The van der Waals surface area contributed by atoms with Crippen molar-refractivity contribution in [1.29, 1.82) is 0 Å².